The van der Waals surface area contributed by atoms with Crippen LogP contribution < -0.4 is 5.32 Å². The summed E-state index contributed by atoms with van der Waals surface area (Å²) < 4.78 is 0. The SMILES string of the molecule is CNCc1ccc(CCC(=O)N(C)CCN2CCCCC2)cc1. The second-order valence-electron chi connectivity index (χ2n) is 6.56. The fourth-order valence-corrected chi connectivity index (χ4v) is 3.07. The number of carbonyl (C=O) groups is 1. The number of nitrogens with one attached hydrogen (secondary N) is 1. The summed E-state index contributed by atoms with van der Waals surface area (Å²) in [5, 5.41) is 3.14. The Morgan fingerprint density at radius 1 is 1.13 bits per heavy atom. The maximum Gasteiger partial charge on any atom is 0.222 e. The van der Waals surface area contributed by atoms with Crippen LogP contribution in [0.1, 0.15) is 36.8 Å². The molecule has 0 unspecified atom stereocenters. The predicted octanol–water partition coefficient (Wildman–Crippen LogP) is 2.28. The van der Waals surface area contributed by atoms with Crippen molar-refractivity contribution < 1.29 is 4.79 Å². The molecule has 1 aromatic carbocycles. The molecule has 1 aliphatic heterocycles. The third-order valence-electron chi connectivity index (χ3n) is 4.66. The van der Waals surface area contributed by atoms with Gasteiger partial charge in [0.1, 0.15) is 0 Å². The molecule has 0 saturated carbocycles. The second kappa shape index (κ2) is 9.68. The lowest BCUT2D eigenvalue weighted by Gasteiger charge is -2.28. The summed E-state index contributed by atoms with van der Waals surface area (Å²) in [5.41, 5.74) is 2.52. The summed E-state index contributed by atoms with van der Waals surface area (Å²) >= 11 is 0. The highest BCUT2D eigenvalue weighted by molar-refractivity contribution is 5.76. The van der Waals surface area contributed by atoms with Crippen LogP contribution in [0.3, 0.4) is 0 Å². The van der Waals surface area contributed by atoms with Crippen LogP contribution >= 0.6 is 0 Å². The molecule has 0 aromatic heterocycles. The molecule has 0 spiro atoms. The van der Waals surface area contributed by atoms with Gasteiger partial charge in [-0.2, -0.15) is 0 Å². The Hall–Kier alpha value is -1.39. The lowest BCUT2D eigenvalue weighted by molar-refractivity contribution is -0.130. The van der Waals surface area contributed by atoms with Crippen LogP contribution in [-0.4, -0.2) is 56.0 Å². The van der Waals surface area contributed by atoms with Gasteiger partial charge in [0, 0.05) is 33.1 Å². The van der Waals surface area contributed by atoms with Crippen molar-refractivity contribution in [3.63, 3.8) is 0 Å². The first kappa shape index (κ1) is 18.0. The Labute approximate surface area is 140 Å². The fourth-order valence-electron chi connectivity index (χ4n) is 3.07. The first-order valence-corrected chi connectivity index (χ1v) is 8.88. The van der Waals surface area contributed by atoms with Crippen molar-refractivity contribution >= 4 is 5.91 Å². The second-order valence-corrected chi connectivity index (χ2v) is 6.56. The molecular formula is C19H31N3O. The Balaban J connectivity index is 1.68. The molecule has 0 aliphatic carbocycles. The van der Waals surface area contributed by atoms with Gasteiger partial charge in [0.2, 0.25) is 5.91 Å². The topological polar surface area (TPSA) is 35.6 Å². The van der Waals surface area contributed by atoms with E-state index in [1.165, 1.54) is 43.5 Å². The third kappa shape index (κ3) is 6.32. The summed E-state index contributed by atoms with van der Waals surface area (Å²) in [4.78, 5) is 16.6. The minimum atomic E-state index is 0.251. The fraction of sp³-hybridized carbons (Fsp3) is 0.632. The van der Waals surface area contributed by atoms with Gasteiger partial charge in [-0.25, -0.2) is 0 Å². The highest BCUT2D eigenvalue weighted by atomic mass is 16.2. The Morgan fingerprint density at radius 3 is 2.43 bits per heavy atom. The lowest BCUT2D eigenvalue weighted by Crippen LogP contribution is -2.38. The predicted molar refractivity (Wildman–Crippen MR) is 95.5 cm³/mol. The minimum Gasteiger partial charge on any atom is -0.344 e. The summed E-state index contributed by atoms with van der Waals surface area (Å²) in [7, 11) is 3.88. The van der Waals surface area contributed by atoms with Crippen LogP contribution in [0, 0.1) is 0 Å². The number of piperidine rings is 1. The minimum absolute atomic E-state index is 0.251. The summed E-state index contributed by atoms with van der Waals surface area (Å²) in [5.74, 6) is 0.251. The maximum absolute atomic E-state index is 12.3. The van der Waals surface area contributed by atoms with Crippen molar-refractivity contribution in [1.82, 2.24) is 15.1 Å². The van der Waals surface area contributed by atoms with E-state index in [9.17, 15) is 4.79 Å². The molecule has 1 amide bonds. The number of likely N-dealkylation sites (tertiary alicyclic amines) is 1. The van der Waals surface area contributed by atoms with E-state index in [-0.39, 0.29) is 5.91 Å². The van der Waals surface area contributed by atoms with Gasteiger partial charge < -0.3 is 15.1 Å². The highest BCUT2D eigenvalue weighted by Gasteiger charge is 2.13. The standard InChI is InChI=1S/C19H31N3O/c1-20-16-18-8-6-17(7-9-18)10-11-19(23)21(2)14-15-22-12-4-3-5-13-22/h6-9,20H,3-5,10-16H2,1-2H3. The van der Waals surface area contributed by atoms with E-state index in [2.05, 4.69) is 34.5 Å². The third-order valence-corrected chi connectivity index (χ3v) is 4.66. The zero-order valence-corrected chi connectivity index (χ0v) is 14.7. The molecule has 0 radical (unpaired) electrons. The van der Waals surface area contributed by atoms with E-state index < -0.39 is 0 Å². The zero-order valence-electron chi connectivity index (χ0n) is 14.7. The van der Waals surface area contributed by atoms with Crippen molar-refractivity contribution in [2.45, 2.75) is 38.6 Å². The molecule has 0 bridgehead atoms. The molecule has 1 saturated heterocycles. The quantitative estimate of drug-likeness (QED) is 0.799. The van der Waals surface area contributed by atoms with Crippen molar-refractivity contribution in [3.8, 4) is 0 Å². The smallest absolute Gasteiger partial charge is 0.222 e. The molecule has 4 nitrogen and oxygen atoms in total. The van der Waals surface area contributed by atoms with E-state index >= 15 is 0 Å². The van der Waals surface area contributed by atoms with Gasteiger partial charge in [-0.1, -0.05) is 30.7 Å². The van der Waals surface area contributed by atoms with Gasteiger partial charge >= 0.3 is 0 Å². The average Bonchev–Trinajstić information content (AvgIpc) is 2.60. The molecule has 23 heavy (non-hydrogen) atoms. The normalized spacial score (nSPS) is 15.6. The van der Waals surface area contributed by atoms with Crippen LogP contribution in [0.15, 0.2) is 24.3 Å². The number of hydrogen-bond donors (Lipinski definition) is 1. The molecule has 1 heterocycles. The zero-order chi connectivity index (χ0) is 16.5. The molecule has 1 N–H and O–H groups in total. The van der Waals surface area contributed by atoms with Gasteiger partial charge in [0.05, 0.1) is 0 Å². The van der Waals surface area contributed by atoms with E-state index in [0.29, 0.717) is 6.42 Å². The number of rotatable bonds is 8. The van der Waals surface area contributed by atoms with Crippen molar-refractivity contribution in [2.75, 3.05) is 40.3 Å². The monoisotopic (exact) mass is 317 g/mol. The van der Waals surface area contributed by atoms with Gasteiger partial charge in [-0.3, -0.25) is 4.79 Å². The van der Waals surface area contributed by atoms with Crippen LogP contribution in [0.2, 0.25) is 0 Å². The molecule has 0 atom stereocenters. The van der Waals surface area contributed by atoms with Crippen molar-refractivity contribution in [2.24, 2.45) is 0 Å². The summed E-state index contributed by atoms with van der Waals surface area (Å²) in [6.07, 6.45) is 5.40. The Morgan fingerprint density at radius 2 is 1.78 bits per heavy atom. The summed E-state index contributed by atoms with van der Waals surface area (Å²) in [6, 6.07) is 8.54. The number of likely N-dealkylation sites (N-methyl/N-ethyl adjacent to an activating group) is 1. The largest absolute Gasteiger partial charge is 0.344 e. The van der Waals surface area contributed by atoms with Crippen LogP contribution in [0.25, 0.3) is 0 Å². The molecule has 2 rings (SSSR count). The van der Waals surface area contributed by atoms with Crippen molar-refractivity contribution in [1.29, 1.82) is 0 Å². The highest BCUT2D eigenvalue weighted by Crippen LogP contribution is 2.09. The first-order chi connectivity index (χ1) is 11.2. The number of hydrogen-bond acceptors (Lipinski definition) is 3. The number of carbonyl (C=O) groups excluding carboxylic acids is 1. The molecular weight excluding hydrogens is 286 g/mol. The molecule has 1 aromatic rings. The van der Waals surface area contributed by atoms with Crippen LogP contribution in [0.5, 0.6) is 0 Å². The Kier molecular flexibility index (Phi) is 7.56. The molecule has 1 aliphatic rings. The van der Waals surface area contributed by atoms with Crippen LogP contribution in [-0.2, 0) is 17.8 Å². The van der Waals surface area contributed by atoms with E-state index in [0.717, 1.165) is 26.1 Å². The number of nitrogens with zero attached hydrogens (tertiary/aromatic N) is 2. The van der Waals surface area contributed by atoms with E-state index in [4.69, 9.17) is 0 Å². The van der Waals surface area contributed by atoms with Crippen molar-refractivity contribution in [3.05, 3.63) is 35.4 Å². The van der Waals surface area contributed by atoms with Gasteiger partial charge in [0.15, 0.2) is 0 Å². The summed E-state index contributed by atoms with van der Waals surface area (Å²) in [6.45, 7) is 5.14. The van der Waals surface area contributed by atoms with Gasteiger partial charge in [-0.15, -0.1) is 0 Å². The van der Waals surface area contributed by atoms with Crippen LogP contribution in [0.4, 0.5) is 0 Å². The number of amides is 1. The molecule has 4 heteroatoms. The van der Waals surface area contributed by atoms with E-state index in [1.807, 2.05) is 19.0 Å². The number of aryl methyl sites for hydroxylation is 1. The molecule has 128 valence electrons. The van der Waals surface area contributed by atoms with Gasteiger partial charge in [0.25, 0.3) is 0 Å². The number of benzene rings is 1. The first-order valence-electron chi connectivity index (χ1n) is 8.88. The van der Waals surface area contributed by atoms with E-state index in [1.54, 1.807) is 0 Å². The lowest BCUT2D eigenvalue weighted by atomic mass is 10.1. The Bertz CT molecular complexity index is 466. The average molecular weight is 317 g/mol. The molecule has 1 fully saturated rings. The van der Waals surface area contributed by atoms with Gasteiger partial charge in [-0.05, 0) is 50.5 Å². The maximum atomic E-state index is 12.3.